The third-order valence-electron chi connectivity index (χ3n) is 17.9. The molecule has 13 amide bonds. The number of anilines is 2. The highest BCUT2D eigenvalue weighted by Crippen LogP contribution is 2.29. The molecule has 12 atom stereocenters. The molecule has 46 nitrogen and oxygen atoms in total. The number of benzene rings is 2. The van der Waals surface area contributed by atoms with Crippen molar-refractivity contribution in [3.8, 4) is 0 Å². The Kier molecular flexibility index (Phi) is 46.8. The van der Waals surface area contributed by atoms with E-state index in [1.165, 1.54) is 20.8 Å². The molecule has 0 bridgehead atoms. The largest absolute Gasteiger partial charge is 0.490 e. The summed E-state index contributed by atoms with van der Waals surface area (Å²) in [6, 6.07) is -5.15. The number of primary amides is 1. The van der Waals surface area contributed by atoms with Crippen molar-refractivity contribution < 1.29 is 100 Å². The molecule has 0 aromatic heterocycles. The number of carboxylic acid groups (broad SMARTS) is 1. The van der Waals surface area contributed by atoms with Gasteiger partial charge in [-0.05, 0) is 114 Å². The molecule has 121 heavy (non-hydrogen) atoms. The number of rotatable bonds is 52. The molecule has 0 saturated carbocycles. The first-order valence-electron chi connectivity index (χ1n) is 38.4. The van der Waals surface area contributed by atoms with Gasteiger partial charge in [0.05, 0.1) is 40.7 Å². The number of guanidine groups is 3. The minimum atomic E-state index is -5.08. The molecule has 2 aromatic carbocycles. The number of non-ortho nitro benzene ring substituents is 1. The third kappa shape index (κ3) is 39.9. The smallest absolute Gasteiger partial charge is 0.475 e. The number of aliphatic carboxylic acids is 1. The van der Waals surface area contributed by atoms with Gasteiger partial charge in [-0.1, -0.05) is 73.9 Å². The van der Waals surface area contributed by atoms with Gasteiger partial charge in [0.25, 0.3) is 17.3 Å². The molecule has 0 radical (unpaired) electrons. The van der Waals surface area contributed by atoms with Gasteiger partial charge in [-0.3, -0.25) is 97.5 Å². The predicted molar refractivity (Wildman–Crippen MR) is 437 cm³/mol. The quantitative estimate of drug-likeness (QED) is 0.00993. The first-order chi connectivity index (χ1) is 56.5. The molecule has 0 aliphatic rings. The summed E-state index contributed by atoms with van der Waals surface area (Å²) in [6.45, 7) is 14.1. The Balaban J connectivity index is 0.00000997. The highest BCUT2D eigenvalue weighted by Gasteiger charge is 2.40. The fraction of sp³-hybridized carbons (Fsp3) is 0.597. The van der Waals surface area contributed by atoms with Gasteiger partial charge in [-0.15, -0.1) is 0 Å². The summed E-state index contributed by atoms with van der Waals surface area (Å²) in [6.07, 6.45) is -6.74. The maximum Gasteiger partial charge on any atom is 0.490 e. The molecule has 0 unspecified atom stereocenters. The fourth-order valence-corrected chi connectivity index (χ4v) is 11.0. The molecule has 676 valence electrons. The van der Waals surface area contributed by atoms with E-state index in [1.54, 1.807) is 72.9 Å². The van der Waals surface area contributed by atoms with Crippen LogP contribution in [0, 0.1) is 43.9 Å². The van der Waals surface area contributed by atoms with Crippen molar-refractivity contribution in [3.05, 3.63) is 68.3 Å². The van der Waals surface area contributed by atoms with Crippen LogP contribution in [0.15, 0.2) is 57.4 Å². The number of nitrogens with zero attached hydrogens (tertiary/aromatic N) is 5. The molecular weight excluding hydrogens is 1610 g/mol. The van der Waals surface area contributed by atoms with Crippen LogP contribution >= 0.6 is 0 Å². The van der Waals surface area contributed by atoms with Gasteiger partial charge in [0.15, 0.2) is 17.9 Å². The number of alkyl halides is 3. The van der Waals surface area contributed by atoms with Crippen LogP contribution in [0.25, 0.3) is 0 Å². The number of aliphatic hydroxyl groups excluding tert-OH is 1. The molecule has 0 spiro atoms. The lowest BCUT2D eigenvalue weighted by Gasteiger charge is -2.31. The van der Waals surface area contributed by atoms with Gasteiger partial charge < -0.3 is 125 Å². The standard InChI is InChI=1S/C70H116N26O18.C2HF3O2/c1-12-38(8)55(93-65(108)54(37(6)7)91-64(107)52(35(2)3)90-51(99)34-83-50(98)33-84-59(102)42-20-13-14-21-43(42)78-11)66(109)85-39(9)58(101)94-56(40(10)97)67(110)92-53(36(4)5)63(106)89-46(22-15-16-28-79-44-27-26-41(95(111)112)32-49(44)96(113)114)61(104)88-48(25-19-31-82-70(76)77)62(105)87-47(24-18-30-81-69(74)75)60(103)86-45(57(71)100)23-17-29-80-68(72)73;3-2(4,5)1(6)7/h13-14,20-21,26-27,32,35-40,45-48,52-56,78-79,97H,12,15-19,22-25,28-31,33-34H2,1-11H3,(H2,71,100)(H,83,98)(H,84,102)(H,85,109)(H,86,103)(H,87,105)(H,88,104)(H,89,106)(H,90,99)(H,91,107)(H,92,110)(H,93,108)(H,94,101)(H4,72,73,80)(H4,74,75,81)(H4,76,77,82);(H,6,7)/t38-,39-,40+,45+,46-,47+,48+,52-,53-,54-,55-,56-;/m0./s1. The zero-order valence-corrected chi connectivity index (χ0v) is 69.2. The minimum Gasteiger partial charge on any atom is -0.475 e. The number of hydrogen-bond donors (Lipinski definition) is 23. The van der Waals surface area contributed by atoms with Crippen LogP contribution < -0.4 is 115 Å². The van der Waals surface area contributed by atoms with E-state index in [9.17, 15) is 101 Å². The predicted octanol–water partition coefficient (Wildman–Crippen LogP) is -3.78. The lowest BCUT2D eigenvalue weighted by Crippen LogP contribution is -2.63. The molecule has 0 aliphatic carbocycles. The number of aliphatic hydroxyl groups is 1. The number of halogens is 3. The topological polar surface area (TPSA) is 753 Å². The van der Waals surface area contributed by atoms with E-state index in [-0.39, 0.29) is 113 Å². The lowest BCUT2D eigenvalue weighted by atomic mass is 9.95. The van der Waals surface area contributed by atoms with Gasteiger partial charge in [0, 0.05) is 45.0 Å². The zero-order chi connectivity index (χ0) is 92.3. The molecular formula is C72H117F3N26O20. The first kappa shape index (κ1) is 106. The van der Waals surface area contributed by atoms with Crippen LogP contribution in [-0.4, -0.2) is 240 Å². The minimum absolute atomic E-state index is 0.0142. The van der Waals surface area contributed by atoms with Crippen molar-refractivity contribution in [3.63, 3.8) is 0 Å². The molecule has 49 heteroatoms. The summed E-state index contributed by atoms with van der Waals surface area (Å²) in [7, 11) is 1.63. The number of carbonyl (C=O) groups is 14. The number of nitro groups is 2. The number of amides is 13. The second-order valence-electron chi connectivity index (χ2n) is 28.8. The number of carboxylic acids is 1. The number of unbranched alkanes of at least 4 members (excludes halogenated alkanes) is 1. The van der Waals surface area contributed by atoms with Gasteiger partial charge in [0.1, 0.15) is 66.1 Å². The third-order valence-corrected chi connectivity index (χ3v) is 17.9. The average molecular weight is 1720 g/mol. The summed E-state index contributed by atoms with van der Waals surface area (Å²) in [5.74, 6) is -17.7. The lowest BCUT2D eigenvalue weighted by molar-refractivity contribution is -0.393. The van der Waals surface area contributed by atoms with Gasteiger partial charge in [0.2, 0.25) is 70.9 Å². The number of hydrogen-bond acceptors (Lipinski definition) is 24. The van der Waals surface area contributed by atoms with Crippen molar-refractivity contribution in [2.45, 2.75) is 206 Å². The Morgan fingerprint density at radius 2 is 0.868 bits per heavy atom. The Bertz CT molecular complexity index is 3970. The number of aliphatic imine (C=N–C) groups is 3. The highest BCUT2D eigenvalue weighted by molar-refractivity contribution is 6.02. The molecule has 2 rings (SSSR count). The summed E-state index contributed by atoms with van der Waals surface area (Å²) < 4.78 is 31.7. The van der Waals surface area contributed by atoms with E-state index in [2.05, 4.69) is 89.4 Å². The normalized spacial score (nSPS) is 14.0. The summed E-state index contributed by atoms with van der Waals surface area (Å²) in [5.41, 5.74) is 38.2. The van der Waals surface area contributed by atoms with E-state index in [4.69, 9.17) is 50.0 Å². The molecule has 0 aliphatic heterocycles. The van der Waals surface area contributed by atoms with E-state index in [0.29, 0.717) is 12.1 Å². The molecule has 0 fully saturated rings. The van der Waals surface area contributed by atoms with Crippen molar-refractivity contribution in [1.82, 2.24) is 63.8 Å². The van der Waals surface area contributed by atoms with E-state index >= 15 is 0 Å². The fourth-order valence-electron chi connectivity index (χ4n) is 11.0. The van der Waals surface area contributed by atoms with Crippen LogP contribution in [0.4, 0.5) is 35.9 Å². The first-order valence-corrected chi connectivity index (χ1v) is 38.4. The maximum atomic E-state index is 14.8. The van der Waals surface area contributed by atoms with Crippen LogP contribution in [-0.2, 0) is 62.3 Å². The Hall–Kier alpha value is -13.0. The van der Waals surface area contributed by atoms with Crippen LogP contribution in [0.3, 0.4) is 0 Å². The van der Waals surface area contributed by atoms with Gasteiger partial charge >= 0.3 is 12.1 Å². The van der Waals surface area contributed by atoms with Crippen molar-refractivity contribution in [2.75, 3.05) is 56.9 Å². The molecule has 30 N–H and O–H groups in total. The van der Waals surface area contributed by atoms with Crippen LogP contribution in [0.2, 0.25) is 0 Å². The second kappa shape index (κ2) is 53.4. The van der Waals surface area contributed by atoms with Gasteiger partial charge in [-0.2, -0.15) is 13.2 Å². The Morgan fingerprint density at radius 3 is 1.29 bits per heavy atom. The zero-order valence-electron chi connectivity index (χ0n) is 69.2. The summed E-state index contributed by atoms with van der Waals surface area (Å²) >= 11 is 0. The number of nitro benzene ring substituents is 2. The Labute approximate surface area is 695 Å². The van der Waals surface area contributed by atoms with Crippen molar-refractivity contribution >= 4 is 123 Å². The van der Waals surface area contributed by atoms with Crippen molar-refractivity contribution in [2.24, 2.45) is 78.8 Å². The average Bonchev–Trinajstić information content (AvgIpc) is 0.816. The van der Waals surface area contributed by atoms with Crippen LogP contribution in [0.5, 0.6) is 0 Å². The van der Waals surface area contributed by atoms with E-state index in [1.807, 2.05) is 0 Å². The number of nitrogens with one attached hydrogen (secondary N) is 14. The highest BCUT2D eigenvalue weighted by atomic mass is 19.4. The van der Waals surface area contributed by atoms with E-state index < -0.39 is 213 Å². The second-order valence-corrected chi connectivity index (χ2v) is 28.8. The van der Waals surface area contributed by atoms with Gasteiger partial charge in [-0.25, -0.2) is 4.79 Å². The van der Waals surface area contributed by atoms with E-state index in [0.717, 1.165) is 25.1 Å². The number of nitrogens with two attached hydrogens (primary N) is 7. The molecule has 0 saturated heterocycles. The Morgan fingerprint density at radius 1 is 0.471 bits per heavy atom. The molecule has 0 heterocycles. The maximum absolute atomic E-state index is 14.8. The summed E-state index contributed by atoms with van der Waals surface area (Å²) in [4.78, 5) is 222. The summed E-state index contributed by atoms with van der Waals surface area (Å²) in [5, 5.41) is 77.7. The molecule has 2 aromatic rings. The monoisotopic (exact) mass is 1720 g/mol. The number of carbonyl (C=O) groups excluding carboxylic acids is 13. The SMILES string of the molecule is CC[C@H](C)[C@H](NC(=O)[C@@H](NC(=O)[C@@H](NC(=O)CNC(=O)CNC(=O)c1ccccc1NC)C(C)C)C(C)C)C(=O)N[C@@H](C)C(=O)N[C@H](C(=O)N[C@H](C(=O)N[C@@H](CCCCNc1ccc([N+](=O)[O-])cc1[N+](=O)[O-])C(=O)N[C@H](CCCN=C(N)N)C(=O)N[C@H](CCCN=C(N)N)C(=O)N[C@H](CCCN=C(N)N)C(N)=O)C(C)C)[C@@H](C)O.O=C(O)C(F)(F)F. The van der Waals surface area contributed by atoms with Crippen molar-refractivity contribution in [1.29, 1.82) is 0 Å². The van der Waals surface area contributed by atoms with Crippen LogP contribution in [0.1, 0.15) is 144 Å². The number of para-hydroxylation sites is 1.